The molecule has 34 heteroatoms. The number of aromatic carboxylic acids is 1. The average Bonchev–Trinajstić information content (AvgIpc) is 3.23. The zero-order valence-corrected chi connectivity index (χ0v) is 39.9. The van der Waals surface area contributed by atoms with Crippen molar-refractivity contribution < 1.29 is 97.3 Å². The number of nitrogen functional groups attached to an aromatic ring is 1. The number of nitrogens with one attached hydrogen (secondary N) is 1. The molecule has 0 bridgehead atoms. The van der Waals surface area contributed by atoms with Gasteiger partial charge in [-0.1, -0.05) is 0 Å². The number of rotatable bonds is 21. The molecule has 9 N–H and O–H groups in total. The Bertz CT molecular complexity index is 3700. The fourth-order valence-corrected chi connectivity index (χ4v) is 10.8. The Morgan fingerprint density at radius 1 is 0.671 bits per heavy atom. The summed E-state index contributed by atoms with van der Waals surface area (Å²) < 4.78 is 191. The number of phenols is 1. The van der Waals surface area contributed by atoms with Gasteiger partial charge in [0.25, 0.3) is 30.4 Å². The summed E-state index contributed by atoms with van der Waals surface area (Å²) in [6.45, 7) is -1.17. The van der Waals surface area contributed by atoms with E-state index in [4.69, 9.17) is 15.4 Å². The van der Waals surface area contributed by atoms with E-state index in [1.54, 1.807) is 0 Å². The van der Waals surface area contributed by atoms with E-state index < -0.39 is 144 Å². The number of carbonyl (C=O) groups is 2. The summed E-state index contributed by atoms with van der Waals surface area (Å²) in [6, 6.07) is 10.0. The predicted octanol–water partition coefficient (Wildman–Crippen LogP) is 3.11. The molecular formula is C36H36N7O21S6+. The van der Waals surface area contributed by atoms with Crippen LogP contribution in [-0.4, -0.2) is 115 Å². The van der Waals surface area contributed by atoms with Crippen LogP contribution in [0.1, 0.15) is 23.2 Å². The van der Waals surface area contributed by atoms with Gasteiger partial charge in [0.15, 0.2) is 44.4 Å². The molecule has 0 saturated heterocycles. The number of carboxylic acid groups (broad SMARTS) is 1. The number of azo groups is 2. The quantitative estimate of drug-likeness (QED) is 0.0226. The molecule has 5 aromatic rings. The maximum atomic E-state index is 12.8. The standard InChI is InChI=1S/C36H35N7O21S6/c37-26-8-7-24-25(33(26)41-39-27-9-6-23(18-30(27)68(55,56)57)66(50,51)16-13-64-70(61,62)63)19-31(69(58,59)60)34(35(24)45)42-40-28-17-22(5-10-29(28)67(52,53)54)38-32(44)4-2-14-65(48,49)15-12-43-11-1-3-21(20-43)36(46)47/h1,3,5-11,17-20H,2,4,12-16H2,(H8-,37,38,39,40,44,45,46,47,52,53,54,55,56,57,58,59,60,61,62,63)/p+1. The third kappa shape index (κ3) is 14.3. The number of fused-ring (bicyclic) bond motifs is 1. The first kappa shape index (κ1) is 54.5. The maximum Gasteiger partial charge on any atom is 0.397 e. The number of hydrogen-bond acceptors (Lipinski definition) is 21. The minimum absolute atomic E-state index is 0.0643. The molecule has 28 nitrogen and oxygen atoms in total. The van der Waals surface area contributed by atoms with Crippen molar-refractivity contribution >= 4 is 117 Å². The number of carbonyl (C=O) groups excluding carboxylic acids is 1. The Kier molecular flexibility index (Phi) is 16.2. The maximum absolute atomic E-state index is 12.8. The number of sulfone groups is 2. The molecule has 0 spiro atoms. The molecule has 0 unspecified atom stereocenters. The highest BCUT2D eigenvalue weighted by Crippen LogP contribution is 2.46. The van der Waals surface area contributed by atoms with Crippen molar-refractivity contribution in [2.45, 2.75) is 39.0 Å². The SMILES string of the molecule is Nc1ccc2c(O)c(N=Nc3cc(NC(=O)CCCS(=O)(=O)CC[n+]4cccc(C(=O)O)c4)ccc3S(=O)(=O)O)c(S(=O)(=O)O)cc2c1N=Nc1ccc(S(=O)(=O)CCOS(=O)(=O)O)cc1S(=O)(=O)O. The largest absolute Gasteiger partial charge is 0.505 e. The van der Waals surface area contributed by atoms with Crippen LogP contribution in [0.5, 0.6) is 5.75 Å². The zero-order valence-electron chi connectivity index (χ0n) is 35.0. The molecule has 0 aliphatic carbocycles. The summed E-state index contributed by atoms with van der Waals surface area (Å²) in [7, 11) is -29.3. The number of aryl methyl sites for hydroxylation is 1. The molecule has 376 valence electrons. The number of hydrogen-bond donors (Lipinski definition) is 8. The molecule has 70 heavy (non-hydrogen) atoms. The minimum Gasteiger partial charge on any atom is -0.505 e. The van der Waals surface area contributed by atoms with E-state index in [0.717, 1.165) is 42.5 Å². The zero-order chi connectivity index (χ0) is 52.2. The minimum atomic E-state index is -5.46. The van der Waals surface area contributed by atoms with E-state index in [9.17, 15) is 78.9 Å². The summed E-state index contributed by atoms with van der Waals surface area (Å²) in [5, 5.41) is 36.8. The second-order valence-corrected chi connectivity index (χ2v) is 24.0. The molecule has 0 aliphatic heterocycles. The summed E-state index contributed by atoms with van der Waals surface area (Å²) >= 11 is 0. The lowest BCUT2D eigenvalue weighted by atomic mass is 10.1. The van der Waals surface area contributed by atoms with Crippen molar-refractivity contribution in [3.8, 4) is 5.75 Å². The second-order valence-electron chi connectivity index (χ2n) is 14.3. The third-order valence-electron chi connectivity index (χ3n) is 9.33. The van der Waals surface area contributed by atoms with E-state index in [2.05, 4.69) is 30.0 Å². The Labute approximate surface area is 397 Å². The number of aromatic nitrogens is 1. The molecule has 5 rings (SSSR count). The monoisotopic (exact) mass is 1090 g/mol. The highest BCUT2D eigenvalue weighted by atomic mass is 32.3. The first-order valence-corrected chi connectivity index (χ1v) is 28.1. The lowest BCUT2D eigenvalue weighted by Gasteiger charge is -2.12. The summed E-state index contributed by atoms with van der Waals surface area (Å²) in [6.07, 6.45) is 2.15. The molecule has 1 aromatic heterocycles. The molecule has 0 atom stereocenters. The number of nitrogens with two attached hydrogens (primary N) is 1. The van der Waals surface area contributed by atoms with Crippen LogP contribution in [0.2, 0.25) is 0 Å². The summed E-state index contributed by atoms with van der Waals surface area (Å²) in [5.74, 6) is -5.04. The van der Waals surface area contributed by atoms with Gasteiger partial charge in [0.2, 0.25) is 5.91 Å². The van der Waals surface area contributed by atoms with Crippen LogP contribution in [-0.2, 0) is 76.0 Å². The lowest BCUT2D eigenvalue weighted by Crippen LogP contribution is -2.37. The van der Waals surface area contributed by atoms with Gasteiger partial charge in [0, 0.05) is 28.9 Å². The number of pyridine rings is 1. The molecule has 0 fully saturated rings. The van der Waals surface area contributed by atoms with Gasteiger partial charge in [-0.3, -0.25) is 23.0 Å². The van der Waals surface area contributed by atoms with Gasteiger partial charge in [-0.15, -0.1) is 20.5 Å². The van der Waals surface area contributed by atoms with Crippen LogP contribution in [0.4, 0.5) is 34.1 Å². The normalized spacial score (nSPS) is 13.0. The van der Waals surface area contributed by atoms with Crippen molar-refractivity contribution in [3.05, 3.63) is 84.7 Å². The fourth-order valence-electron chi connectivity index (χ4n) is 6.08. The summed E-state index contributed by atoms with van der Waals surface area (Å²) in [5.41, 5.74) is 2.30. The van der Waals surface area contributed by atoms with E-state index >= 15 is 0 Å². The van der Waals surface area contributed by atoms with Crippen LogP contribution in [0.25, 0.3) is 10.8 Å². The Morgan fingerprint density at radius 2 is 1.31 bits per heavy atom. The summed E-state index contributed by atoms with van der Waals surface area (Å²) in [4.78, 5) is 19.8. The number of anilines is 2. The highest BCUT2D eigenvalue weighted by molar-refractivity contribution is 7.91. The second kappa shape index (κ2) is 20.9. The number of amides is 1. The first-order chi connectivity index (χ1) is 32.3. The molecular weight excluding hydrogens is 1060 g/mol. The topological polar surface area (TPSA) is 461 Å². The van der Waals surface area contributed by atoms with Gasteiger partial charge in [-0.2, -0.15) is 33.7 Å². The van der Waals surface area contributed by atoms with Gasteiger partial charge in [0.1, 0.15) is 48.8 Å². The highest BCUT2D eigenvalue weighted by Gasteiger charge is 2.27. The van der Waals surface area contributed by atoms with Crippen LogP contribution < -0.4 is 15.6 Å². The number of aromatic hydroxyl groups is 1. The van der Waals surface area contributed by atoms with E-state index in [1.807, 2.05) is 0 Å². The van der Waals surface area contributed by atoms with E-state index in [-0.39, 0.29) is 47.5 Å². The molecule has 0 radical (unpaired) electrons. The van der Waals surface area contributed by atoms with Crippen molar-refractivity contribution in [1.82, 2.24) is 0 Å². The van der Waals surface area contributed by atoms with Crippen molar-refractivity contribution in [1.29, 1.82) is 0 Å². The van der Waals surface area contributed by atoms with Crippen molar-refractivity contribution in [2.24, 2.45) is 20.5 Å². The Morgan fingerprint density at radius 3 is 1.94 bits per heavy atom. The molecule has 0 aliphatic rings. The van der Waals surface area contributed by atoms with Crippen LogP contribution in [0.15, 0.2) is 119 Å². The van der Waals surface area contributed by atoms with Crippen molar-refractivity contribution in [2.75, 3.05) is 34.9 Å². The predicted molar refractivity (Wildman–Crippen MR) is 240 cm³/mol. The number of benzene rings is 4. The fraction of sp³-hybridized carbons (Fsp3) is 0.194. The van der Waals surface area contributed by atoms with Gasteiger partial charge in [-0.25, -0.2) is 30.4 Å². The Hall–Kier alpha value is -6.47. The number of carboxylic acids is 1. The van der Waals surface area contributed by atoms with E-state index in [1.165, 1.54) is 29.1 Å². The lowest BCUT2D eigenvalue weighted by molar-refractivity contribution is -0.692. The average molecular weight is 1100 g/mol. The smallest absolute Gasteiger partial charge is 0.397 e. The number of phenolic OH excluding ortho intramolecular Hbond substituents is 1. The van der Waals surface area contributed by atoms with Crippen LogP contribution in [0.3, 0.4) is 0 Å². The first-order valence-electron chi connectivity index (χ1n) is 19.0. The molecule has 1 heterocycles. The van der Waals surface area contributed by atoms with Gasteiger partial charge in [0.05, 0.1) is 28.7 Å². The third-order valence-corrected chi connectivity index (χ3v) is 15.8. The Balaban J connectivity index is 1.44. The molecule has 4 aromatic carbocycles. The van der Waals surface area contributed by atoms with Gasteiger partial charge >= 0.3 is 16.4 Å². The molecule has 1 amide bonds. The van der Waals surface area contributed by atoms with Crippen LogP contribution >= 0.6 is 0 Å². The number of nitrogens with zero attached hydrogens (tertiary/aromatic N) is 5. The van der Waals surface area contributed by atoms with E-state index in [0.29, 0.717) is 12.1 Å². The van der Waals surface area contributed by atoms with Crippen LogP contribution in [0, 0.1) is 0 Å². The van der Waals surface area contributed by atoms with Gasteiger partial charge in [-0.05, 0) is 67.1 Å². The van der Waals surface area contributed by atoms with Crippen molar-refractivity contribution in [3.63, 3.8) is 0 Å². The molecule has 0 saturated carbocycles. The van der Waals surface area contributed by atoms with Gasteiger partial charge < -0.3 is 21.3 Å².